The molecule has 1 N–H and O–H groups in total. The molecule has 0 radical (unpaired) electrons. The zero-order valence-electron chi connectivity index (χ0n) is 15.1. The minimum absolute atomic E-state index is 0. The molecule has 1 saturated heterocycles. The van der Waals surface area contributed by atoms with Crippen LogP contribution >= 0.6 is 23.7 Å². The fourth-order valence-electron chi connectivity index (χ4n) is 4.05. The zero-order valence-corrected chi connectivity index (χ0v) is 16.7. The summed E-state index contributed by atoms with van der Waals surface area (Å²) < 4.78 is 0. The van der Waals surface area contributed by atoms with Gasteiger partial charge in [-0.1, -0.05) is 12.8 Å². The van der Waals surface area contributed by atoms with E-state index in [1.54, 1.807) is 11.3 Å². The molecule has 0 unspecified atom stereocenters. The molecule has 2 aliphatic carbocycles. The average Bonchev–Trinajstić information content (AvgIpc) is 3.34. The number of rotatable bonds is 4. The number of nitrogens with one attached hydrogen (secondary N) is 1. The van der Waals surface area contributed by atoms with Gasteiger partial charge in [0.25, 0.3) is 5.91 Å². The SMILES string of the molecule is Cl.O=C(c1cc2c(s1)CCCCCC2)N1CCC(NCC2CC2)CC1. The van der Waals surface area contributed by atoms with Gasteiger partial charge in [0.2, 0.25) is 0 Å². The van der Waals surface area contributed by atoms with E-state index in [9.17, 15) is 4.79 Å². The number of fused-ring (bicyclic) bond motifs is 1. The normalized spacial score (nSPS) is 21.8. The first-order chi connectivity index (χ1) is 11.8. The van der Waals surface area contributed by atoms with Crippen molar-refractivity contribution in [2.24, 2.45) is 5.92 Å². The lowest BCUT2D eigenvalue weighted by Gasteiger charge is -2.32. The van der Waals surface area contributed by atoms with Gasteiger partial charge in [-0.05, 0) is 75.5 Å². The Hall–Kier alpha value is -0.580. The molecule has 25 heavy (non-hydrogen) atoms. The quantitative estimate of drug-likeness (QED) is 0.835. The van der Waals surface area contributed by atoms with Crippen molar-refractivity contribution >= 4 is 29.7 Å². The van der Waals surface area contributed by atoms with Gasteiger partial charge in [0.05, 0.1) is 4.88 Å². The molecule has 4 rings (SSSR count). The maximum Gasteiger partial charge on any atom is 0.263 e. The summed E-state index contributed by atoms with van der Waals surface area (Å²) in [6.45, 7) is 3.03. The summed E-state index contributed by atoms with van der Waals surface area (Å²) in [5.74, 6) is 1.22. The van der Waals surface area contributed by atoms with Crippen LogP contribution in [0.3, 0.4) is 0 Å². The first-order valence-electron chi connectivity index (χ1n) is 9.94. The van der Waals surface area contributed by atoms with E-state index in [0.29, 0.717) is 6.04 Å². The molecule has 2 fully saturated rings. The summed E-state index contributed by atoms with van der Waals surface area (Å²) in [5, 5.41) is 3.70. The highest BCUT2D eigenvalue weighted by atomic mass is 35.5. The molecule has 1 saturated carbocycles. The Morgan fingerprint density at radius 3 is 2.52 bits per heavy atom. The monoisotopic (exact) mass is 382 g/mol. The van der Waals surface area contributed by atoms with Crippen LogP contribution in [0.15, 0.2) is 6.07 Å². The molecule has 1 aliphatic heterocycles. The Morgan fingerprint density at radius 2 is 1.80 bits per heavy atom. The Morgan fingerprint density at radius 1 is 1.08 bits per heavy atom. The highest BCUT2D eigenvalue weighted by Crippen LogP contribution is 2.30. The molecule has 5 heteroatoms. The van der Waals surface area contributed by atoms with E-state index < -0.39 is 0 Å². The number of amides is 1. The molecule has 2 heterocycles. The van der Waals surface area contributed by atoms with Crippen LogP contribution in [0.2, 0.25) is 0 Å². The topological polar surface area (TPSA) is 32.3 Å². The second-order valence-corrected chi connectivity index (χ2v) is 9.03. The highest BCUT2D eigenvalue weighted by molar-refractivity contribution is 7.14. The third-order valence-corrected chi connectivity index (χ3v) is 7.11. The van der Waals surface area contributed by atoms with Crippen molar-refractivity contribution in [3.8, 4) is 0 Å². The molecule has 140 valence electrons. The molecule has 1 aromatic rings. The number of likely N-dealkylation sites (tertiary alicyclic amines) is 1. The van der Waals surface area contributed by atoms with Gasteiger partial charge < -0.3 is 10.2 Å². The van der Waals surface area contributed by atoms with Crippen molar-refractivity contribution in [2.45, 2.75) is 70.3 Å². The van der Waals surface area contributed by atoms with Gasteiger partial charge in [0.15, 0.2) is 0 Å². The summed E-state index contributed by atoms with van der Waals surface area (Å²) in [5.41, 5.74) is 1.46. The van der Waals surface area contributed by atoms with Gasteiger partial charge in [-0.25, -0.2) is 0 Å². The van der Waals surface area contributed by atoms with Gasteiger partial charge >= 0.3 is 0 Å². The van der Waals surface area contributed by atoms with Crippen LogP contribution in [0, 0.1) is 5.92 Å². The third-order valence-electron chi connectivity index (χ3n) is 5.88. The van der Waals surface area contributed by atoms with Gasteiger partial charge in [0.1, 0.15) is 0 Å². The Balaban J connectivity index is 0.00000182. The predicted molar refractivity (Wildman–Crippen MR) is 107 cm³/mol. The van der Waals surface area contributed by atoms with E-state index in [0.717, 1.165) is 36.7 Å². The van der Waals surface area contributed by atoms with E-state index in [-0.39, 0.29) is 18.3 Å². The van der Waals surface area contributed by atoms with Crippen LogP contribution in [0.25, 0.3) is 0 Å². The standard InChI is InChI=1S/C20H30N2OS.ClH/c23-20(19-13-16-5-3-1-2-4-6-18(16)24-19)22-11-9-17(10-12-22)21-14-15-7-8-15;/h13,15,17,21H,1-12,14H2;1H. The van der Waals surface area contributed by atoms with Crippen LogP contribution in [0.1, 0.15) is 71.5 Å². The van der Waals surface area contributed by atoms with E-state index >= 15 is 0 Å². The molecule has 1 aromatic heterocycles. The molecule has 0 atom stereocenters. The maximum absolute atomic E-state index is 12.9. The smallest absolute Gasteiger partial charge is 0.263 e. The van der Waals surface area contributed by atoms with Crippen LogP contribution < -0.4 is 5.32 Å². The molecule has 1 amide bonds. The van der Waals surface area contributed by atoms with Crippen molar-refractivity contribution < 1.29 is 4.79 Å². The number of halogens is 1. The fraction of sp³-hybridized carbons (Fsp3) is 0.750. The number of piperidine rings is 1. The number of aryl methyl sites for hydroxylation is 2. The average molecular weight is 383 g/mol. The summed E-state index contributed by atoms with van der Waals surface area (Å²) in [4.78, 5) is 17.5. The number of carbonyl (C=O) groups excluding carboxylic acids is 1. The van der Waals surface area contributed by atoms with E-state index in [4.69, 9.17) is 0 Å². The van der Waals surface area contributed by atoms with Crippen LogP contribution in [0.5, 0.6) is 0 Å². The maximum atomic E-state index is 12.9. The molecular weight excluding hydrogens is 352 g/mol. The summed E-state index contributed by atoms with van der Waals surface area (Å²) in [6, 6.07) is 2.84. The van der Waals surface area contributed by atoms with Crippen LogP contribution in [-0.4, -0.2) is 36.5 Å². The second kappa shape index (κ2) is 8.88. The van der Waals surface area contributed by atoms with Crippen molar-refractivity contribution in [3.63, 3.8) is 0 Å². The number of thiophene rings is 1. The van der Waals surface area contributed by atoms with Gasteiger partial charge in [-0.3, -0.25) is 4.79 Å². The lowest BCUT2D eigenvalue weighted by atomic mass is 9.99. The van der Waals surface area contributed by atoms with Crippen molar-refractivity contribution in [1.29, 1.82) is 0 Å². The summed E-state index contributed by atoms with van der Waals surface area (Å²) >= 11 is 1.78. The number of hydrogen-bond donors (Lipinski definition) is 1. The first kappa shape index (κ1) is 19.2. The van der Waals surface area contributed by atoms with Gasteiger partial charge in [0, 0.05) is 24.0 Å². The summed E-state index contributed by atoms with van der Waals surface area (Å²) in [6.07, 6.45) is 12.7. The molecule has 0 aromatic carbocycles. The first-order valence-corrected chi connectivity index (χ1v) is 10.8. The van der Waals surface area contributed by atoms with E-state index in [1.165, 1.54) is 68.4 Å². The highest BCUT2D eigenvalue weighted by Gasteiger charge is 2.27. The van der Waals surface area contributed by atoms with Gasteiger partial charge in [-0.2, -0.15) is 0 Å². The Labute approximate surface area is 162 Å². The van der Waals surface area contributed by atoms with Crippen molar-refractivity contribution in [1.82, 2.24) is 10.2 Å². The predicted octanol–water partition coefficient (Wildman–Crippen LogP) is 4.43. The van der Waals surface area contributed by atoms with Crippen LogP contribution in [-0.2, 0) is 12.8 Å². The molecule has 0 spiro atoms. The Bertz CT molecular complexity index is 551. The zero-order chi connectivity index (χ0) is 16.4. The van der Waals surface area contributed by atoms with Crippen molar-refractivity contribution in [3.05, 3.63) is 21.4 Å². The minimum Gasteiger partial charge on any atom is -0.338 e. The third kappa shape index (κ3) is 4.99. The fourth-order valence-corrected chi connectivity index (χ4v) is 5.27. The van der Waals surface area contributed by atoms with Crippen molar-refractivity contribution in [2.75, 3.05) is 19.6 Å². The number of nitrogens with zero attached hydrogens (tertiary/aromatic N) is 1. The lowest BCUT2D eigenvalue weighted by molar-refractivity contribution is 0.0710. The lowest BCUT2D eigenvalue weighted by Crippen LogP contribution is -2.45. The van der Waals surface area contributed by atoms with E-state index in [1.807, 2.05) is 0 Å². The van der Waals surface area contributed by atoms with Crippen LogP contribution in [0.4, 0.5) is 0 Å². The molecule has 3 aliphatic rings. The molecular formula is C20H31ClN2OS. The number of hydrogen-bond acceptors (Lipinski definition) is 3. The van der Waals surface area contributed by atoms with E-state index in [2.05, 4.69) is 16.3 Å². The second-order valence-electron chi connectivity index (χ2n) is 7.89. The minimum atomic E-state index is 0. The van der Waals surface area contributed by atoms with Gasteiger partial charge in [-0.15, -0.1) is 23.7 Å². The Kier molecular flexibility index (Phi) is 6.81. The summed E-state index contributed by atoms with van der Waals surface area (Å²) in [7, 11) is 0. The molecule has 3 nitrogen and oxygen atoms in total. The molecule has 0 bridgehead atoms. The largest absolute Gasteiger partial charge is 0.338 e. The number of carbonyl (C=O) groups is 1.